The first-order chi connectivity index (χ1) is 6.68. The molecule has 0 fully saturated rings. The van der Waals surface area contributed by atoms with Crippen molar-refractivity contribution >= 4 is 11.6 Å². The van der Waals surface area contributed by atoms with E-state index < -0.39 is 0 Å². The second-order valence-corrected chi connectivity index (χ2v) is 3.40. The minimum atomic E-state index is 0.602. The summed E-state index contributed by atoms with van der Waals surface area (Å²) in [4.78, 5) is 4.09. The van der Waals surface area contributed by atoms with Gasteiger partial charge in [0.2, 0.25) is 0 Å². The van der Waals surface area contributed by atoms with Crippen LogP contribution in [0.4, 0.5) is 0 Å². The molecule has 3 heteroatoms. The standard InChI is InChI=1S/C11H9ClNO/c1-7-11(14-8(2)13-7)9-5-3-4-6-10(9)12/h3-6H,1H2,2H3. The summed E-state index contributed by atoms with van der Waals surface area (Å²) in [6.45, 7) is 5.58. The molecule has 0 saturated carbocycles. The van der Waals surface area contributed by atoms with Crippen molar-refractivity contribution in [3.05, 3.63) is 47.8 Å². The maximum Gasteiger partial charge on any atom is 0.192 e. The Morgan fingerprint density at radius 3 is 2.64 bits per heavy atom. The minimum absolute atomic E-state index is 0.602. The van der Waals surface area contributed by atoms with Crippen molar-refractivity contribution in [1.82, 2.24) is 4.98 Å². The molecule has 0 aliphatic rings. The maximum absolute atomic E-state index is 6.02. The predicted molar refractivity (Wildman–Crippen MR) is 56.1 cm³/mol. The molecule has 0 aliphatic carbocycles. The highest BCUT2D eigenvalue weighted by atomic mass is 35.5. The van der Waals surface area contributed by atoms with Crippen LogP contribution in [0.5, 0.6) is 0 Å². The molecule has 1 radical (unpaired) electrons. The third-order valence-corrected chi connectivity index (χ3v) is 2.25. The van der Waals surface area contributed by atoms with Crippen LogP contribution >= 0.6 is 11.6 Å². The van der Waals surface area contributed by atoms with Gasteiger partial charge in [0.1, 0.15) is 0 Å². The number of nitrogens with zero attached hydrogens (tertiary/aromatic N) is 1. The Morgan fingerprint density at radius 1 is 1.36 bits per heavy atom. The van der Waals surface area contributed by atoms with E-state index in [-0.39, 0.29) is 0 Å². The molecule has 71 valence electrons. The van der Waals surface area contributed by atoms with Crippen LogP contribution in [-0.4, -0.2) is 4.98 Å². The molecule has 2 aromatic rings. The monoisotopic (exact) mass is 206 g/mol. The molecule has 1 aromatic heterocycles. The molecule has 0 aliphatic heterocycles. The van der Waals surface area contributed by atoms with Crippen molar-refractivity contribution in [2.24, 2.45) is 0 Å². The van der Waals surface area contributed by atoms with Gasteiger partial charge >= 0.3 is 0 Å². The van der Waals surface area contributed by atoms with Gasteiger partial charge in [-0.1, -0.05) is 23.7 Å². The van der Waals surface area contributed by atoms with Gasteiger partial charge in [-0.15, -0.1) is 0 Å². The highest BCUT2D eigenvalue weighted by Gasteiger charge is 2.11. The topological polar surface area (TPSA) is 26.0 Å². The number of benzene rings is 1. The van der Waals surface area contributed by atoms with Crippen LogP contribution in [0.15, 0.2) is 28.7 Å². The van der Waals surface area contributed by atoms with Gasteiger partial charge in [-0.3, -0.25) is 0 Å². The summed E-state index contributed by atoms with van der Waals surface area (Å²) < 4.78 is 5.42. The van der Waals surface area contributed by atoms with Crippen molar-refractivity contribution in [1.29, 1.82) is 0 Å². The Labute approximate surface area is 87.5 Å². The number of aromatic nitrogens is 1. The number of aryl methyl sites for hydroxylation is 1. The SMILES string of the molecule is [CH2]c1nc(C)oc1-c1ccccc1Cl. The Kier molecular flexibility index (Phi) is 2.30. The fourth-order valence-corrected chi connectivity index (χ4v) is 1.55. The molecule has 2 rings (SSSR count). The van der Waals surface area contributed by atoms with E-state index in [9.17, 15) is 0 Å². The van der Waals surface area contributed by atoms with Gasteiger partial charge < -0.3 is 4.42 Å². The Morgan fingerprint density at radius 2 is 2.07 bits per heavy atom. The van der Waals surface area contributed by atoms with Crippen LogP contribution in [0.2, 0.25) is 5.02 Å². The lowest BCUT2D eigenvalue weighted by Crippen LogP contribution is -1.79. The van der Waals surface area contributed by atoms with E-state index in [0.717, 1.165) is 5.56 Å². The van der Waals surface area contributed by atoms with Gasteiger partial charge in [0.15, 0.2) is 11.7 Å². The summed E-state index contributed by atoms with van der Waals surface area (Å²) >= 11 is 6.02. The molecule has 0 spiro atoms. The molecule has 1 heterocycles. The van der Waals surface area contributed by atoms with Crippen LogP contribution in [0.3, 0.4) is 0 Å². The lowest BCUT2D eigenvalue weighted by molar-refractivity contribution is 0.534. The number of hydrogen-bond acceptors (Lipinski definition) is 2. The van der Waals surface area contributed by atoms with Gasteiger partial charge in [-0.25, -0.2) is 4.98 Å². The summed E-state index contributed by atoms with van der Waals surface area (Å²) in [5.41, 5.74) is 1.45. The number of halogens is 1. The van der Waals surface area contributed by atoms with E-state index in [0.29, 0.717) is 22.4 Å². The summed E-state index contributed by atoms with van der Waals surface area (Å²) in [6, 6.07) is 7.47. The third-order valence-electron chi connectivity index (χ3n) is 1.92. The second-order valence-electron chi connectivity index (χ2n) is 2.99. The summed E-state index contributed by atoms with van der Waals surface area (Å²) in [5, 5.41) is 0.647. The highest BCUT2D eigenvalue weighted by Crippen LogP contribution is 2.30. The molecule has 1 aromatic carbocycles. The Bertz CT molecular complexity index is 462. The normalized spacial score (nSPS) is 10.5. The zero-order chi connectivity index (χ0) is 10.1. The first-order valence-corrected chi connectivity index (χ1v) is 4.60. The molecule has 2 nitrogen and oxygen atoms in total. The first kappa shape index (κ1) is 9.28. The van der Waals surface area contributed by atoms with Crippen molar-refractivity contribution in [3.63, 3.8) is 0 Å². The van der Waals surface area contributed by atoms with Gasteiger partial charge in [0.05, 0.1) is 10.7 Å². The second kappa shape index (κ2) is 3.46. The first-order valence-electron chi connectivity index (χ1n) is 4.23. The van der Waals surface area contributed by atoms with Crippen LogP contribution in [0, 0.1) is 13.8 Å². The lowest BCUT2D eigenvalue weighted by Gasteiger charge is -1.99. The van der Waals surface area contributed by atoms with Crippen molar-refractivity contribution < 1.29 is 4.42 Å². The number of oxazole rings is 1. The zero-order valence-electron chi connectivity index (χ0n) is 7.75. The highest BCUT2D eigenvalue weighted by molar-refractivity contribution is 6.33. The smallest absolute Gasteiger partial charge is 0.192 e. The van der Waals surface area contributed by atoms with Crippen LogP contribution < -0.4 is 0 Å². The van der Waals surface area contributed by atoms with Crippen molar-refractivity contribution in [2.75, 3.05) is 0 Å². The molecular formula is C11H9ClNO. The number of rotatable bonds is 1. The molecule has 14 heavy (non-hydrogen) atoms. The molecular weight excluding hydrogens is 198 g/mol. The molecule has 0 atom stereocenters. The van der Waals surface area contributed by atoms with E-state index in [1.165, 1.54) is 0 Å². The van der Waals surface area contributed by atoms with Crippen LogP contribution in [-0.2, 0) is 0 Å². The van der Waals surface area contributed by atoms with Gasteiger partial charge in [0.25, 0.3) is 0 Å². The lowest BCUT2D eigenvalue weighted by atomic mass is 10.1. The minimum Gasteiger partial charge on any atom is -0.441 e. The van der Waals surface area contributed by atoms with E-state index in [1.54, 1.807) is 6.92 Å². The van der Waals surface area contributed by atoms with Crippen LogP contribution in [0.1, 0.15) is 11.6 Å². The van der Waals surface area contributed by atoms with E-state index in [1.807, 2.05) is 24.3 Å². The van der Waals surface area contributed by atoms with Crippen LogP contribution in [0.25, 0.3) is 11.3 Å². The zero-order valence-corrected chi connectivity index (χ0v) is 8.51. The predicted octanol–water partition coefficient (Wildman–Crippen LogP) is 3.49. The van der Waals surface area contributed by atoms with E-state index >= 15 is 0 Å². The average molecular weight is 207 g/mol. The molecule has 0 bridgehead atoms. The molecule has 0 amide bonds. The van der Waals surface area contributed by atoms with E-state index in [4.69, 9.17) is 16.0 Å². The summed E-state index contributed by atoms with van der Waals surface area (Å²) in [6.07, 6.45) is 0. The molecule has 0 unspecified atom stereocenters. The summed E-state index contributed by atoms with van der Waals surface area (Å²) in [5.74, 6) is 1.25. The quantitative estimate of drug-likeness (QED) is 0.714. The van der Waals surface area contributed by atoms with Gasteiger partial charge in [-0.05, 0) is 19.1 Å². The third kappa shape index (κ3) is 1.53. The average Bonchev–Trinajstić information content (AvgIpc) is 2.46. The Balaban J connectivity index is 2.60. The van der Waals surface area contributed by atoms with Crippen molar-refractivity contribution in [2.45, 2.75) is 6.92 Å². The van der Waals surface area contributed by atoms with E-state index in [2.05, 4.69) is 11.9 Å². The summed E-state index contributed by atoms with van der Waals surface area (Å²) in [7, 11) is 0. The van der Waals surface area contributed by atoms with Gasteiger partial charge in [0, 0.05) is 12.5 Å². The fourth-order valence-electron chi connectivity index (χ4n) is 1.33. The largest absolute Gasteiger partial charge is 0.441 e. The Hall–Kier alpha value is -1.28. The van der Waals surface area contributed by atoms with Gasteiger partial charge in [-0.2, -0.15) is 0 Å². The number of hydrogen-bond donors (Lipinski definition) is 0. The molecule has 0 N–H and O–H groups in total. The maximum atomic E-state index is 6.02. The van der Waals surface area contributed by atoms with Crippen molar-refractivity contribution in [3.8, 4) is 11.3 Å². The fraction of sp³-hybridized carbons (Fsp3) is 0.0909. The molecule has 0 saturated heterocycles.